The third-order valence-corrected chi connectivity index (χ3v) is 3.73. The Morgan fingerprint density at radius 3 is 2.40 bits per heavy atom. The van der Waals surface area contributed by atoms with Gasteiger partial charge in [0.05, 0.1) is 0 Å². The summed E-state index contributed by atoms with van der Waals surface area (Å²) in [5.74, 6) is -0.925. The number of nitrogens with zero attached hydrogens (tertiary/aromatic N) is 1. The van der Waals surface area contributed by atoms with E-state index in [9.17, 15) is 9.59 Å². The van der Waals surface area contributed by atoms with Gasteiger partial charge in [0.1, 0.15) is 0 Å². The number of benzene rings is 1. The van der Waals surface area contributed by atoms with Crippen molar-refractivity contribution in [1.29, 1.82) is 0 Å². The topological polar surface area (TPSA) is 49.4 Å². The molecule has 20 heavy (non-hydrogen) atoms. The zero-order valence-corrected chi connectivity index (χ0v) is 12.0. The highest BCUT2D eigenvalue weighted by atomic mass is 16.2. The molecule has 4 heteroatoms. The molecular weight excluding hydrogens is 252 g/mol. The van der Waals surface area contributed by atoms with Gasteiger partial charge in [-0.3, -0.25) is 9.59 Å². The van der Waals surface area contributed by atoms with Gasteiger partial charge in [0.25, 0.3) is 0 Å². The summed E-state index contributed by atoms with van der Waals surface area (Å²) in [6, 6.07) is 7.61. The van der Waals surface area contributed by atoms with Gasteiger partial charge in [0.2, 0.25) is 0 Å². The van der Waals surface area contributed by atoms with E-state index in [-0.39, 0.29) is 0 Å². The number of rotatable bonds is 2. The molecule has 0 unspecified atom stereocenters. The summed E-state index contributed by atoms with van der Waals surface area (Å²) in [7, 11) is 0. The maximum Gasteiger partial charge on any atom is 0.313 e. The van der Waals surface area contributed by atoms with Gasteiger partial charge < -0.3 is 10.2 Å². The highest BCUT2D eigenvalue weighted by Gasteiger charge is 2.22. The largest absolute Gasteiger partial charge is 0.334 e. The van der Waals surface area contributed by atoms with Crippen molar-refractivity contribution in [2.75, 3.05) is 18.4 Å². The van der Waals surface area contributed by atoms with Crippen LogP contribution in [0.1, 0.15) is 38.2 Å². The summed E-state index contributed by atoms with van der Waals surface area (Å²) in [5, 5.41) is 2.75. The van der Waals surface area contributed by atoms with E-state index in [4.69, 9.17) is 0 Å². The quantitative estimate of drug-likeness (QED) is 0.843. The van der Waals surface area contributed by atoms with Crippen molar-refractivity contribution in [3.8, 4) is 0 Å². The number of nitrogens with one attached hydrogen (secondary N) is 1. The molecule has 2 amide bonds. The predicted octanol–water partition coefficient (Wildman–Crippen LogP) is 2.59. The Morgan fingerprint density at radius 1 is 1.10 bits per heavy atom. The van der Waals surface area contributed by atoms with Crippen molar-refractivity contribution >= 4 is 17.5 Å². The first-order valence-corrected chi connectivity index (χ1v) is 7.40. The van der Waals surface area contributed by atoms with Crippen molar-refractivity contribution in [3.05, 3.63) is 29.8 Å². The fraction of sp³-hybridized carbons (Fsp3) is 0.500. The summed E-state index contributed by atoms with van der Waals surface area (Å²) in [6.07, 6.45) is 5.09. The lowest BCUT2D eigenvalue weighted by atomic mass is 10.1. The van der Waals surface area contributed by atoms with Crippen molar-refractivity contribution in [1.82, 2.24) is 4.90 Å². The van der Waals surface area contributed by atoms with Crippen LogP contribution in [0.25, 0.3) is 0 Å². The van der Waals surface area contributed by atoms with E-state index in [1.54, 1.807) is 4.90 Å². The standard InChI is InChI=1S/C16H22N2O2/c1-2-13-9-5-6-10-14(13)17-15(19)16(20)18-11-7-3-4-8-12-18/h5-6,9-10H,2-4,7-8,11-12H2,1H3,(H,17,19). The zero-order chi connectivity index (χ0) is 14.4. The molecule has 0 aromatic heterocycles. The minimum absolute atomic E-state index is 0.405. The summed E-state index contributed by atoms with van der Waals surface area (Å²) in [5.41, 5.74) is 1.78. The molecule has 0 atom stereocenters. The highest BCUT2D eigenvalue weighted by molar-refractivity contribution is 6.39. The molecule has 0 radical (unpaired) electrons. The smallest absolute Gasteiger partial charge is 0.313 e. The summed E-state index contributed by atoms with van der Waals surface area (Å²) < 4.78 is 0. The Morgan fingerprint density at radius 2 is 1.75 bits per heavy atom. The first kappa shape index (κ1) is 14.6. The van der Waals surface area contributed by atoms with Crippen LogP contribution < -0.4 is 5.32 Å². The molecule has 0 aliphatic carbocycles. The van der Waals surface area contributed by atoms with Crippen LogP contribution in [0.4, 0.5) is 5.69 Å². The van der Waals surface area contributed by atoms with E-state index in [1.807, 2.05) is 31.2 Å². The zero-order valence-electron chi connectivity index (χ0n) is 12.0. The number of amides is 2. The van der Waals surface area contributed by atoms with Crippen LogP contribution in [-0.2, 0) is 16.0 Å². The minimum atomic E-state index is -0.521. The maximum atomic E-state index is 12.2. The van der Waals surface area contributed by atoms with Gasteiger partial charge in [-0.05, 0) is 30.9 Å². The number of hydrogen-bond acceptors (Lipinski definition) is 2. The Bertz CT molecular complexity index is 477. The fourth-order valence-electron chi connectivity index (χ4n) is 2.54. The van der Waals surface area contributed by atoms with Gasteiger partial charge in [0, 0.05) is 18.8 Å². The lowest BCUT2D eigenvalue weighted by Gasteiger charge is -2.19. The minimum Gasteiger partial charge on any atom is -0.334 e. The molecular formula is C16H22N2O2. The molecule has 1 fully saturated rings. The molecule has 108 valence electrons. The number of hydrogen-bond donors (Lipinski definition) is 1. The lowest BCUT2D eigenvalue weighted by molar-refractivity contribution is -0.143. The van der Waals surface area contributed by atoms with Crippen LogP contribution in [0.3, 0.4) is 0 Å². The predicted molar refractivity (Wildman–Crippen MR) is 79.5 cm³/mol. The average Bonchev–Trinajstić information content (AvgIpc) is 2.76. The lowest BCUT2D eigenvalue weighted by Crippen LogP contribution is -2.40. The Labute approximate surface area is 120 Å². The first-order valence-electron chi connectivity index (χ1n) is 7.40. The van der Waals surface area contributed by atoms with E-state index in [1.165, 1.54) is 0 Å². The van der Waals surface area contributed by atoms with Gasteiger partial charge in [-0.1, -0.05) is 38.0 Å². The number of para-hydroxylation sites is 1. The Balaban J connectivity index is 2.01. The number of carbonyl (C=O) groups is 2. The van der Waals surface area contributed by atoms with E-state index in [0.29, 0.717) is 13.1 Å². The van der Waals surface area contributed by atoms with Crippen LogP contribution >= 0.6 is 0 Å². The highest BCUT2D eigenvalue weighted by Crippen LogP contribution is 2.16. The van der Waals surface area contributed by atoms with Crippen molar-refractivity contribution < 1.29 is 9.59 Å². The van der Waals surface area contributed by atoms with Crippen LogP contribution in [0.2, 0.25) is 0 Å². The molecule has 1 aliphatic heterocycles. The molecule has 0 saturated carbocycles. The molecule has 1 aromatic rings. The molecule has 0 spiro atoms. The second-order valence-electron chi connectivity index (χ2n) is 5.17. The van der Waals surface area contributed by atoms with Gasteiger partial charge in [-0.2, -0.15) is 0 Å². The third kappa shape index (κ3) is 3.59. The molecule has 0 bridgehead atoms. The van der Waals surface area contributed by atoms with Gasteiger partial charge in [-0.15, -0.1) is 0 Å². The van der Waals surface area contributed by atoms with Crippen molar-refractivity contribution in [3.63, 3.8) is 0 Å². The number of aryl methyl sites for hydroxylation is 1. The number of likely N-dealkylation sites (tertiary alicyclic amines) is 1. The normalized spacial score (nSPS) is 15.6. The fourth-order valence-corrected chi connectivity index (χ4v) is 2.54. The van der Waals surface area contributed by atoms with Crippen LogP contribution in [-0.4, -0.2) is 29.8 Å². The van der Waals surface area contributed by atoms with Crippen molar-refractivity contribution in [2.45, 2.75) is 39.0 Å². The Hall–Kier alpha value is -1.84. The second kappa shape index (κ2) is 7.08. The third-order valence-electron chi connectivity index (χ3n) is 3.73. The molecule has 1 saturated heterocycles. The SMILES string of the molecule is CCc1ccccc1NC(=O)C(=O)N1CCCCCC1. The van der Waals surface area contributed by atoms with Crippen LogP contribution in [0.5, 0.6) is 0 Å². The van der Waals surface area contributed by atoms with Crippen LogP contribution in [0.15, 0.2) is 24.3 Å². The van der Waals surface area contributed by atoms with E-state index in [0.717, 1.165) is 43.4 Å². The number of anilines is 1. The van der Waals surface area contributed by atoms with E-state index >= 15 is 0 Å². The second-order valence-corrected chi connectivity index (χ2v) is 5.17. The van der Waals surface area contributed by atoms with Gasteiger partial charge in [-0.25, -0.2) is 0 Å². The molecule has 1 heterocycles. The van der Waals surface area contributed by atoms with Gasteiger partial charge >= 0.3 is 11.8 Å². The summed E-state index contributed by atoms with van der Waals surface area (Å²) in [6.45, 7) is 3.42. The molecule has 1 aliphatic rings. The molecule has 4 nitrogen and oxygen atoms in total. The van der Waals surface area contributed by atoms with Crippen molar-refractivity contribution in [2.24, 2.45) is 0 Å². The molecule has 2 rings (SSSR count). The monoisotopic (exact) mass is 274 g/mol. The molecule has 1 aromatic carbocycles. The van der Waals surface area contributed by atoms with E-state index in [2.05, 4.69) is 5.32 Å². The number of carbonyl (C=O) groups excluding carboxylic acids is 2. The molecule has 1 N–H and O–H groups in total. The summed E-state index contributed by atoms with van der Waals surface area (Å²) in [4.78, 5) is 25.9. The Kier molecular flexibility index (Phi) is 5.16. The average molecular weight is 274 g/mol. The van der Waals surface area contributed by atoms with Gasteiger partial charge in [0.15, 0.2) is 0 Å². The summed E-state index contributed by atoms with van der Waals surface area (Å²) >= 11 is 0. The first-order chi connectivity index (χ1) is 9.72. The van der Waals surface area contributed by atoms with E-state index < -0.39 is 11.8 Å². The van der Waals surface area contributed by atoms with Crippen LogP contribution in [0, 0.1) is 0 Å². The maximum absolute atomic E-state index is 12.2.